The Bertz CT molecular complexity index is 446. The molecular formula is C11H16N4S. The molecule has 2 heterocycles. The molecule has 0 saturated heterocycles. The lowest BCUT2D eigenvalue weighted by Gasteiger charge is -1.97. The first-order chi connectivity index (χ1) is 7.81. The van der Waals surface area contributed by atoms with Crippen LogP contribution in [0.15, 0.2) is 17.9 Å². The number of hydrogen-bond donors (Lipinski definition) is 1. The van der Waals surface area contributed by atoms with Crippen molar-refractivity contribution in [1.82, 2.24) is 19.9 Å². The standard InChI is InChI=1S/C11H16N4S/c1-3-11-14-10(7-16-11)6-15-5-9(4-12-2)13-8-15/h5,7-8,12H,3-4,6H2,1-2H3. The lowest BCUT2D eigenvalue weighted by molar-refractivity contribution is 0.767. The number of hydrogen-bond acceptors (Lipinski definition) is 4. The Kier molecular flexibility index (Phi) is 3.69. The van der Waals surface area contributed by atoms with E-state index in [9.17, 15) is 0 Å². The molecular weight excluding hydrogens is 220 g/mol. The first-order valence-corrected chi connectivity index (χ1v) is 6.28. The van der Waals surface area contributed by atoms with Crippen molar-refractivity contribution in [3.05, 3.63) is 34.3 Å². The molecule has 0 aromatic carbocycles. The Balaban J connectivity index is 2.02. The summed E-state index contributed by atoms with van der Waals surface area (Å²) < 4.78 is 2.07. The van der Waals surface area contributed by atoms with Crippen LogP contribution in [-0.2, 0) is 19.5 Å². The molecule has 5 heteroatoms. The first kappa shape index (κ1) is 11.3. The molecule has 0 spiro atoms. The summed E-state index contributed by atoms with van der Waals surface area (Å²) >= 11 is 1.73. The van der Waals surface area contributed by atoms with E-state index in [1.807, 2.05) is 13.4 Å². The van der Waals surface area contributed by atoms with Gasteiger partial charge < -0.3 is 9.88 Å². The van der Waals surface area contributed by atoms with Crippen LogP contribution in [0.5, 0.6) is 0 Å². The Labute approximate surface area is 99.4 Å². The van der Waals surface area contributed by atoms with E-state index >= 15 is 0 Å². The smallest absolute Gasteiger partial charge is 0.0953 e. The predicted octanol–water partition coefficient (Wildman–Crippen LogP) is 1.67. The van der Waals surface area contributed by atoms with Crippen LogP contribution in [0.3, 0.4) is 0 Å². The van der Waals surface area contributed by atoms with Crippen molar-refractivity contribution in [2.45, 2.75) is 26.4 Å². The molecule has 0 atom stereocenters. The van der Waals surface area contributed by atoms with Gasteiger partial charge in [-0.1, -0.05) is 6.92 Å². The second-order valence-electron chi connectivity index (χ2n) is 3.65. The minimum atomic E-state index is 0.810. The maximum absolute atomic E-state index is 4.53. The second kappa shape index (κ2) is 5.23. The number of aryl methyl sites for hydroxylation is 1. The molecule has 0 saturated carbocycles. The van der Waals surface area contributed by atoms with E-state index < -0.39 is 0 Å². The zero-order valence-electron chi connectivity index (χ0n) is 9.60. The van der Waals surface area contributed by atoms with Crippen molar-refractivity contribution in [1.29, 1.82) is 0 Å². The summed E-state index contributed by atoms with van der Waals surface area (Å²) in [6.45, 7) is 3.75. The minimum Gasteiger partial charge on any atom is -0.331 e. The van der Waals surface area contributed by atoms with Gasteiger partial charge in [-0.05, 0) is 13.5 Å². The summed E-state index contributed by atoms with van der Waals surface area (Å²) in [6, 6.07) is 0. The quantitative estimate of drug-likeness (QED) is 0.858. The fourth-order valence-electron chi connectivity index (χ4n) is 1.54. The third-order valence-electron chi connectivity index (χ3n) is 2.29. The maximum Gasteiger partial charge on any atom is 0.0953 e. The van der Waals surface area contributed by atoms with Gasteiger partial charge >= 0.3 is 0 Å². The van der Waals surface area contributed by atoms with Crippen molar-refractivity contribution in [2.75, 3.05) is 7.05 Å². The van der Waals surface area contributed by atoms with Crippen molar-refractivity contribution >= 4 is 11.3 Å². The zero-order chi connectivity index (χ0) is 11.4. The summed E-state index contributed by atoms with van der Waals surface area (Å²) in [5.41, 5.74) is 2.18. The molecule has 16 heavy (non-hydrogen) atoms. The summed E-state index contributed by atoms with van der Waals surface area (Å²) in [5, 5.41) is 6.41. The largest absolute Gasteiger partial charge is 0.331 e. The van der Waals surface area contributed by atoms with Gasteiger partial charge in [-0.25, -0.2) is 9.97 Å². The fraction of sp³-hybridized carbons (Fsp3) is 0.455. The molecule has 0 unspecified atom stereocenters. The highest BCUT2D eigenvalue weighted by molar-refractivity contribution is 7.09. The summed E-state index contributed by atoms with van der Waals surface area (Å²) in [5.74, 6) is 0. The van der Waals surface area contributed by atoms with Crippen LogP contribution in [0.2, 0.25) is 0 Å². The molecule has 2 rings (SSSR count). The molecule has 0 aliphatic rings. The van der Waals surface area contributed by atoms with E-state index in [1.54, 1.807) is 11.3 Å². The van der Waals surface area contributed by atoms with Gasteiger partial charge in [-0.3, -0.25) is 0 Å². The Morgan fingerprint density at radius 2 is 2.31 bits per heavy atom. The van der Waals surface area contributed by atoms with Gasteiger partial charge in [0.1, 0.15) is 0 Å². The van der Waals surface area contributed by atoms with Crippen LogP contribution >= 0.6 is 11.3 Å². The zero-order valence-corrected chi connectivity index (χ0v) is 10.4. The molecule has 2 aromatic rings. The molecule has 4 nitrogen and oxygen atoms in total. The fourth-order valence-corrected chi connectivity index (χ4v) is 2.27. The van der Waals surface area contributed by atoms with E-state index in [0.29, 0.717) is 0 Å². The van der Waals surface area contributed by atoms with Crippen LogP contribution < -0.4 is 5.32 Å². The molecule has 0 radical (unpaired) electrons. The van der Waals surface area contributed by atoms with Crippen LogP contribution in [0.1, 0.15) is 23.3 Å². The highest BCUT2D eigenvalue weighted by Gasteiger charge is 2.02. The maximum atomic E-state index is 4.53. The average molecular weight is 236 g/mol. The SMILES string of the molecule is CCc1nc(Cn2cnc(CNC)c2)cs1. The van der Waals surface area contributed by atoms with Gasteiger partial charge in [-0.2, -0.15) is 0 Å². The number of nitrogens with one attached hydrogen (secondary N) is 1. The average Bonchev–Trinajstić information content (AvgIpc) is 2.89. The van der Waals surface area contributed by atoms with Crippen LogP contribution in [0.4, 0.5) is 0 Å². The van der Waals surface area contributed by atoms with Crippen molar-refractivity contribution < 1.29 is 0 Å². The van der Waals surface area contributed by atoms with Crippen LogP contribution in [-0.4, -0.2) is 21.6 Å². The Morgan fingerprint density at radius 1 is 1.44 bits per heavy atom. The summed E-state index contributed by atoms with van der Waals surface area (Å²) in [7, 11) is 1.92. The summed E-state index contributed by atoms with van der Waals surface area (Å²) in [4.78, 5) is 8.84. The molecule has 86 valence electrons. The monoisotopic (exact) mass is 236 g/mol. The van der Waals surface area contributed by atoms with Crippen LogP contribution in [0.25, 0.3) is 0 Å². The summed E-state index contributed by atoms with van der Waals surface area (Å²) in [6.07, 6.45) is 4.93. The van der Waals surface area contributed by atoms with Crippen LogP contribution in [0, 0.1) is 0 Å². The van der Waals surface area contributed by atoms with E-state index in [0.717, 1.165) is 30.9 Å². The normalized spacial score (nSPS) is 10.9. The lowest BCUT2D eigenvalue weighted by atomic mass is 10.4. The van der Waals surface area contributed by atoms with Gasteiger partial charge in [0.05, 0.1) is 29.3 Å². The number of imidazole rings is 1. The lowest BCUT2D eigenvalue weighted by Crippen LogP contribution is -2.05. The highest BCUT2D eigenvalue weighted by atomic mass is 32.1. The number of nitrogens with zero attached hydrogens (tertiary/aromatic N) is 3. The Morgan fingerprint density at radius 3 is 3.00 bits per heavy atom. The number of aromatic nitrogens is 3. The minimum absolute atomic E-state index is 0.810. The van der Waals surface area contributed by atoms with E-state index in [1.165, 1.54) is 5.01 Å². The molecule has 2 aromatic heterocycles. The Hall–Kier alpha value is -1.20. The predicted molar refractivity (Wildman–Crippen MR) is 65.6 cm³/mol. The third kappa shape index (κ3) is 2.68. The highest BCUT2D eigenvalue weighted by Crippen LogP contribution is 2.11. The van der Waals surface area contributed by atoms with Gasteiger partial charge in [0.25, 0.3) is 0 Å². The number of thiazole rings is 1. The van der Waals surface area contributed by atoms with Crippen molar-refractivity contribution in [3.63, 3.8) is 0 Å². The second-order valence-corrected chi connectivity index (χ2v) is 4.60. The topological polar surface area (TPSA) is 42.7 Å². The van der Waals surface area contributed by atoms with E-state index in [2.05, 4.69) is 38.4 Å². The molecule has 0 bridgehead atoms. The van der Waals surface area contributed by atoms with Crippen molar-refractivity contribution in [3.8, 4) is 0 Å². The number of rotatable bonds is 5. The molecule has 1 N–H and O–H groups in total. The van der Waals surface area contributed by atoms with Gasteiger partial charge in [-0.15, -0.1) is 11.3 Å². The molecule has 0 fully saturated rings. The molecule has 0 amide bonds. The van der Waals surface area contributed by atoms with Gasteiger partial charge in [0.2, 0.25) is 0 Å². The molecule has 0 aliphatic carbocycles. The van der Waals surface area contributed by atoms with E-state index in [4.69, 9.17) is 0 Å². The van der Waals surface area contributed by atoms with Crippen molar-refractivity contribution in [2.24, 2.45) is 0 Å². The van der Waals surface area contributed by atoms with Gasteiger partial charge in [0, 0.05) is 18.1 Å². The third-order valence-corrected chi connectivity index (χ3v) is 3.33. The first-order valence-electron chi connectivity index (χ1n) is 5.40. The van der Waals surface area contributed by atoms with E-state index in [-0.39, 0.29) is 0 Å². The molecule has 0 aliphatic heterocycles. The van der Waals surface area contributed by atoms with Gasteiger partial charge in [0.15, 0.2) is 0 Å².